The van der Waals surface area contributed by atoms with Crippen molar-refractivity contribution < 1.29 is 0 Å². The minimum atomic E-state index is -0.441. The highest BCUT2D eigenvalue weighted by atomic mass is 27.2. The average molecular weight is 451 g/mol. The molecule has 0 aromatic rings. The zero-order valence-electron chi connectivity index (χ0n) is 22.7. The van der Waals surface area contributed by atoms with Gasteiger partial charge in [-0.3, -0.25) is 0 Å². The Morgan fingerprint density at radius 2 is 0.452 bits per heavy atom. The number of hydrogen-bond donors (Lipinski definition) is 0. The maximum atomic E-state index is 2.33. The molecule has 186 valence electrons. The molecule has 31 heavy (non-hydrogen) atoms. The minimum Gasteiger partial charge on any atom is -0.0939 e. The molecule has 0 aliphatic rings. The molecule has 0 spiro atoms. The lowest BCUT2D eigenvalue weighted by atomic mass is 10.1. The van der Waals surface area contributed by atoms with Crippen molar-refractivity contribution in [2.75, 3.05) is 0 Å². The van der Waals surface area contributed by atoms with Crippen molar-refractivity contribution in [1.29, 1.82) is 0 Å². The lowest BCUT2D eigenvalue weighted by molar-refractivity contribution is 0.561. The standard InChI is InChI=1S/C12H25.C10H21.C8H17.Al/c1-3-5-7-9-11-12-10-8-6-4-2;1-3-5-7-9-10-8-6-4-2;1-3-5-7-8-6-4-2;/h1,3-12H2,2H3;1,3-10H2,2H3;1,3-8H2,2H3;. The topological polar surface area (TPSA) is 0 Å². The summed E-state index contributed by atoms with van der Waals surface area (Å²) >= 11 is -0.441. The van der Waals surface area contributed by atoms with Gasteiger partial charge in [0.15, 0.2) is 0 Å². The van der Waals surface area contributed by atoms with E-state index < -0.39 is 14.1 Å². The van der Waals surface area contributed by atoms with Crippen LogP contribution < -0.4 is 0 Å². The molecule has 0 aromatic carbocycles. The van der Waals surface area contributed by atoms with Gasteiger partial charge >= 0.3 is 0 Å². The average Bonchev–Trinajstić information content (AvgIpc) is 2.78. The van der Waals surface area contributed by atoms with Gasteiger partial charge in [-0.1, -0.05) is 191 Å². The molecule has 0 nitrogen and oxygen atoms in total. The van der Waals surface area contributed by atoms with E-state index in [-0.39, 0.29) is 0 Å². The maximum Gasteiger partial charge on any atom is 0.261 e. The smallest absolute Gasteiger partial charge is 0.0939 e. The molecule has 0 rings (SSSR count). The molecule has 0 atom stereocenters. The van der Waals surface area contributed by atoms with Gasteiger partial charge in [0.2, 0.25) is 0 Å². The third-order valence-electron chi connectivity index (χ3n) is 7.40. The van der Waals surface area contributed by atoms with Crippen molar-refractivity contribution >= 4 is 14.1 Å². The van der Waals surface area contributed by atoms with Gasteiger partial charge in [-0.15, -0.1) is 0 Å². The van der Waals surface area contributed by atoms with Crippen LogP contribution in [0, 0.1) is 0 Å². The first-order chi connectivity index (χ1) is 15.3. The molecule has 1 heteroatoms. The van der Waals surface area contributed by atoms with E-state index in [1.807, 2.05) is 0 Å². The van der Waals surface area contributed by atoms with E-state index in [1.165, 1.54) is 135 Å². The SMILES string of the molecule is CCCCCCCCCCC[CH2][Al]([CH2]CCCCCCC)[CH2]CCCCCCCCC. The Bertz CT molecular complexity index is 301. The van der Waals surface area contributed by atoms with Gasteiger partial charge in [-0.05, 0) is 0 Å². The van der Waals surface area contributed by atoms with Crippen molar-refractivity contribution in [2.24, 2.45) is 0 Å². The largest absolute Gasteiger partial charge is 0.261 e. The summed E-state index contributed by atoms with van der Waals surface area (Å²) in [6, 6.07) is 0. The van der Waals surface area contributed by atoms with E-state index in [2.05, 4.69) is 20.8 Å². The molecule has 0 unspecified atom stereocenters. The molecule has 0 saturated carbocycles. The number of unbranched alkanes of at least 4 members (excludes halogenated alkanes) is 21. The molecular weight excluding hydrogens is 387 g/mol. The Kier molecular flexibility index (Phi) is 29.1. The molecule has 0 N–H and O–H groups in total. The highest BCUT2D eigenvalue weighted by Crippen LogP contribution is 2.21. The predicted octanol–water partition coefficient (Wildman–Crippen LogP) is 11.9. The summed E-state index contributed by atoms with van der Waals surface area (Å²) in [5, 5.41) is 5.00. The Labute approximate surface area is 204 Å². The molecule has 0 fully saturated rings. The highest BCUT2D eigenvalue weighted by Gasteiger charge is 2.15. The van der Waals surface area contributed by atoms with Crippen LogP contribution in [-0.2, 0) is 0 Å². The van der Waals surface area contributed by atoms with Crippen LogP contribution in [0.2, 0.25) is 15.8 Å². The molecular formula is C30H63Al. The maximum absolute atomic E-state index is 2.33. The second kappa shape index (κ2) is 28.6. The Balaban J connectivity index is 3.78. The van der Waals surface area contributed by atoms with Crippen LogP contribution in [0.3, 0.4) is 0 Å². The van der Waals surface area contributed by atoms with Crippen LogP contribution in [0.25, 0.3) is 0 Å². The lowest BCUT2D eigenvalue weighted by Gasteiger charge is -2.12. The zero-order chi connectivity index (χ0) is 22.7. The van der Waals surface area contributed by atoms with Crippen LogP contribution in [0.15, 0.2) is 0 Å². The van der Waals surface area contributed by atoms with E-state index in [9.17, 15) is 0 Å². The normalized spacial score (nSPS) is 11.3. The third kappa shape index (κ3) is 26.7. The van der Waals surface area contributed by atoms with Crippen LogP contribution >= 0.6 is 0 Å². The second-order valence-electron chi connectivity index (χ2n) is 10.7. The van der Waals surface area contributed by atoms with E-state index in [1.54, 1.807) is 35.1 Å². The van der Waals surface area contributed by atoms with Crippen molar-refractivity contribution in [3.8, 4) is 0 Å². The summed E-state index contributed by atoms with van der Waals surface area (Å²) in [5.41, 5.74) is 0. The summed E-state index contributed by atoms with van der Waals surface area (Å²) in [7, 11) is 0. The Hall–Kier alpha value is 0.532. The van der Waals surface area contributed by atoms with E-state index >= 15 is 0 Å². The van der Waals surface area contributed by atoms with Crippen LogP contribution in [0.1, 0.15) is 175 Å². The van der Waals surface area contributed by atoms with Crippen LogP contribution in [0.4, 0.5) is 0 Å². The van der Waals surface area contributed by atoms with E-state index in [0.29, 0.717) is 0 Å². The molecule has 0 aliphatic carbocycles. The second-order valence-corrected chi connectivity index (χ2v) is 14.1. The summed E-state index contributed by atoms with van der Waals surface area (Å²) in [5.74, 6) is 0. The molecule has 0 amide bonds. The predicted molar refractivity (Wildman–Crippen MR) is 148 cm³/mol. The number of rotatable bonds is 27. The molecule has 0 aliphatic heterocycles. The summed E-state index contributed by atoms with van der Waals surface area (Å²) in [6.07, 6.45) is 35.7. The minimum absolute atomic E-state index is 0.441. The zero-order valence-corrected chi connectivity index (χ0v) is 23.8. The fraction of sp³-hybridized carbons (Fsp3) is 1.00. The third-order valence-corrected chi connectivity index (χ3v) is 11.1. The highest BCUT2D eigenvalue weighted by molar-refractivity contribution is 6.58. The Morgan fingerprint density at radius 1 is 0.258 bits per heavy atom. The fourth-order valence-electron chi connectivity index (χ4n) is 5.13. The first kappa shape index (κ1) is 31.5. The summed E-state index contributed by atoms with van der Waals surface area (Å²) < 4.78 is 0. The molecule has 0 aromatic heterocycles. The molecule has 0 saturated heterocycles. The van der Waals surface area contributed by atoms with Gasteiger partial charge in [0, 0.05) is 0 Å². The monoisotopic (exact) mass is 450 g/mol. The van der Waals surface area contributed by atoms with Gasteiger partial charge in [0.1, 0.15) is 0 Å². The number of hydrogen-bond acceptors (Lipinski definition) is 0. The van der Waals surface area contributed by atoms with Gasteiger partial charge in [-0.2, -0.15) is 0 Å². The first-order valence-electron chi connectivity index (χ1n) is 15.3. The van der Waals surface area contributed by atoms with Crippen LogP contribution in [0.5, 0.6) is 0 Å². The quantitative estimate of drug-likeness (QED) is 0.0861. The molecule has 0 heterocycles. The lowest BCUT2D eigenvalue weighted by Crippen LogP contribution is -2.12. The van der Waals surface area contributed by atoms with Gasteiger partial charge in [-0.25, -0.2) is 0 Å². The molecule has 0 bridgehead atoms. The van der Waals surface area contributed by atoms with Crippen LogP contribution in [-0.4, -0.2) is 14.1 Å². The van der Waals surface area contributed by atoms with E-state index in [0.717, 1.165) is 0 Å². The first-order valence-corrected chi connectivity index (χ1v) is 17.8. The van der Waals surface area contributed by atoms with Gasteiger partial charge in [0.05, 0.1) is 0 Å². The molecule has 0 radical (unpaired) electrons. The van der Waals surface area contributed by atoms with Crippen molar-refractivity contribution in [3.05, 3.63) is 0 Å². The van der Waals surface area contributed by atoms with Crippen molar-refractivity contribution in [2.45, 2.75) is 191 Å². The van der Waals surface area contributed by atoms with Gasteiger partial charge < -0.3 is 0 Å². The van der Waals surface area contributed by atoms with Crippen molar-refractivity contribution in [3.63, 3.8) is 0 Å². The van der Waals surface area contributed by atoms with Gasteiger partial charge in [0.25, 0.3) is 14.1 Å². The Morgan fingerprint density at radius 3 is 0.677 bits per heavy atom. The van der Waals surface area contributed by atoms with Crippen molar-refractivity contribution in [1.82, 2.24) is 0 Å². The summed E-state index contributed by atoms with van der Waals surface area (Å²) in [6.45, 7) is 6.97. The van der Waals surface area contributed by atoms with E-state index in [4.69, 9.17) is 0 Å². The summed E-state index contributed by atoms with van der Waals surface area (Å²) in [4.78, 5) is 0. The fourth-order valence-corrected chi connectivity index (χ4v) is 8.60.